The second-order valence-electron chi connectivity index (χ2n) is 12.4. The van der Waals surface area contributed by atoms with Crippen molar-refractivity contribution in [3.8, 4) is 0 Å². The molecular formula is C31H41N. The molecule has 0 saturated heterocycles. The third-order valence-electron chi connectivity index (χ3n) is 11.0. The topological polar surface area (TPSA) is 3.24 Å². The third kappa shape index (κ3) is 2.99. The highest BCUT2D eigenvalue weighted by molar-refractivity contribution is 5.83. The van der Waals surface area contributed by atoms with Gasteiger partial charge in [0.05, 0.1) is 0 Å². The number of hydrogen-bond acceptors (Lipinski definition) is 1. The van der Waals surface area contributed by atoms with Gasteiger partial charge in [0.2, 0.25) is 0 Å². The Labute approximate surface area is 195 Å². The Bertz CT molecular complexity index is 1050. The number of benzene rings is 2. The maximum atomic E-state index is 2.73. The fourth-order valence-corrected chi connectivity index (χ4v) is 9.05. The Kier molecular flexibility index (Phi) is 4.88. The molecule has 0 aromatic heterocycles. The molecule has 170 valence electrons. The summed E-state index contributed by atoms with van der Waals surface area (Å²) in [5.41, 5.74) is 4.37. The van der Waals surface area contributed by atoms with Gasteiger partial charge in [-0.1, -0.05) is 68.0 Å². The third-order valence-corrected chi connectivity index (χ3v) is 11.0. The average Bonchev–Trinajstić information content (AvgIpc) is 3.15. The molecule has 0 radical (unpaired) electrons. The first kappa shape index (κ1) is 21.0. The molecule has 0 unspecified atom stereocenters. The molecule has 32 heavy (non-hydrogen) atoms. The lowest BCUT2D eigenvalue weighted by molar-refractivity contribution is -0.0356. The molecule has 2 aromatic carbocycles. The molecule has 1 heteroatoms. The molecule has 0 spiro atoms. The van der Waals surface area contributed by atoms with Gasteiger partial charge in [-0.05, 0) is 116 Å². The fourth-order valence-electron chi connectivity index (χ4n) is 9.05. The zero-order chi connectivity index (χ0) is 22.1. The minimum atomic E-state index is 0.470. The highest BCUT2D eigenvalue weighted by Crippen LogP contribution is 2.68. The maximum Gasteiger partial charge on any atom is 0.0127 e. The van der Waals surface area contributed by atoms with Crippen molar-refractivity contribution >= 4 is 10.8 Å². The summed E-state index contributed by atoms with van der Waals surface area (Å²) in [5, 5.41) is 2.80. The summed E-state index contributed by atoms with van der Waals surface area (Å²) >= 11 is 0. The Morgan fingerprint density at radius 2 is 1.66 bits per heavy atom. The zero-order valence-corrected chi connectivity index (χ0v) is 20.6. The molecular weight excluding hydrogens is 386 g/mol. The minimum absolute atomic E-state index is 0.470. The van der Waals surface area contributed by atoms with Crippen molar-refractivity contribution in [2.24, 2.45) is 28.6 Å². The summed E-state index contributed by atoms with van der Waals surface area (Å²) in [6, 6.07) is 17.0. The van der Waals surface area contributed by atoms with Gasteiger partial charge in [0.15, 0.2) is 0 Å². The molecule has 2 aromatic rings. The van der Waals surface area contributed by atoms with Crippen LogP contribution in [0.1, 0.15) is 76.7 Å². The van der Waals surface area contributed by atoms with E-state index in [-0.39, 0.29) is 0 Å². The second kappa shape index (κ2) is 7.45. The van der Waals surface area contributed by atoms with Crippen molar-refractivity contribution < 1.29 is 0 Å². The van der Waals surface area contributed by atoms with Crippen molar-refractivity contribution in [3.05, 3.63) is 59.7 Å². The summed E-state index contributed by atoms with van der Waals surface area (Å²) < 4.78 is 0. The van der Waals surface area contributed by atoms with Crippen molar-refractivity contribution in [1.29, 1.82) is 0 Å². The molecule has 6 rings (SSSR count). The first-order chi connectivity index (χ1) is 15.4. The number of rotatable bonds is 2. The van der Waals surface area contributed by atoms with Crippen LogP contribution in [0.5, 0.6) is 0 Å². The molecule has 0 bridgehead atoms. The first-order valence-electron chi connectivity index (χ1n) is 13.2. The van der Waals surface area contributed by atoms with Crippen LogP contribution in [-0.2, 0) is 0 Å². The van der Waals surface area contributed by atoms with Gasteiger partial charge >= 0.3 is 0 Å². The number of fused-ring (bicyclic) bond motifs is 6. The van der Waals surface area contributed by atoms with E-state index in [4.69, 9.17) is 0 Å². The zero-order valence-electron chi connectivity index (χ0n) is 20.6. The predicted molar refractivity (Wildman–Crippen MR) is 136 cm³/mol. The van der Waals surface area contributed by atoms with Crippen LogP contribution in [0.3, 0.4) is 0 Å². The summed E-state index contributed by atoms with van der Waals surface area (Å²) in [6.45, 7) is 5.32. The molecule has 0 N–H and O–H groups in total. The van der Waals surface area contributed by atoms with Gasteiger partial charge in [0.1, 0.15) is 0 Å². The van der Waals surface area contributed by atoms with Gasteiger partial charge in [-0.25, -0.2) is 0 Å². The molecule has 4 aliphatic carbocycles. The molecule has 4 aliphatic rings. The summed E-state index contributed by atoms with van der Waals surface area (Å²) in [5.74, 6) is 3.46. The fraction of sp³-hybridized carbons (Fsp3) is 0.613. The number of nitrogens with zero attached hydrogens (tertiary/aromatic N) is 1. The first-order valence-corrected chi connectivity index (χ1v) is 13.2. The van der Waals surface area contributed by atoms with Gasteiger partial charge < -0.3 is 4.90 Å². The Balaban J connectivity index is 1.30. The van der Waals surface area contributed by atoms with Gasteiger partial charge in [0, 0.05) is 6.04 Å². The molecule has 0 amide bonds. The van der Waals surface area contributed by atoms with Crippen molar-refractivity contribution in [2.45, 2.75) is 77.2 Å². The van der Waals surface area contributed by atoms with Crippen molar-refractivity contribution in [1.82, 2.24) is 4.90 Å². The Morgan fingerprint density at radius 3 is 2.47 bits per heavy atom. The molecule has 1 nitrogen and oxygen atoms in total. The van der Waals surface area contributed by atoms with E-state index >= 15 is 0 Å². The quantitative estimate of drug-likeness (QED) is 0.442. The summed E-state index contributed by atoms with van der Waals surface area (Å²) in [7, 11) is 4.55. The van der Waals surface area contributed by atoms with Gasteiger partial charge in [-0.15, -0.1) is 0 Å². The van der Waals surface area contributed by atoms with Crippen LogP contribution in [0.2, 0.25) is 0 Å². The Morgan fingerprint density at radius 1 is 0.844 bits per heavy atom. The van der Waals surface area contributed by atoms with E-state index in [1.807, 2.05) is 5.57 Å². The maximum absolute atomic E-state index is 2.73. The largest absolute Gasteiger partial charge is 0.306 e. The second-order valence-corrected chi connectivity index (χ2v) is 12.4. The van der Waals surface area contributed by atoms with Crippen LogP contribution in [0, 0.1) is 28.6 Å². The number of hydrogen-bond donors (Lipinski definition) is 0. The van der Waals surface area contributed by atoms with Crippen LogP contribution in [-0.4, -0.2) is 25.0 Å². The molecule has 3 fully saturated rings. The van der Waals surface area contributed by atoms with E-state index in [1.54, 1.807) is 5.56 Å². The predicted octanol–water partition coefficient (Wildman–Crippen LogP) is 7.82. The van der Waals surface area contributed by atoms with Crippen LogP contribution in [0.25, 0.3) is 10.8 Å². The molecule has 7 atom stereocenters. The van der Waals surface area contributed by atoms with E-state index in [2.05, 4.69) is 81.4 Å². The smallest absolute Gasteiger partial charge is 0.0127 e. The highest BCUT2D eigenvalue weighted by Gasteiger charge is 2.58. The van der Waals surface area contributed by atoms with Crippen molar-refractivity contribution in [3.63, 3.8) is 0 Å². The SMILES string of the molecule is CN(C)[C@@H]1CC[C@@]2(C)C(=CC[C@H]3[C@@H]4CC[C@H](c5ccc6ccccc6c5)[C@@]4(C)CC[C@@H]32)C1. The lowest BCUT2D eigenvalue weighted by atomic mass is 9.47. The lowest BCUT2D eigenvalue weighted by Crippen LogP contribution is -2.51. The normalized spacial score (nSPS) is 41.2. The standard InChI is InChI=1S/C31H41N/c1-30-17-15-25(32(3)4)20-24(30)11-12-26-28-14-13-27(31(28,2)18-16-29(26)30)23-10-9-21-7-5-6-8-22(21)19-23/h5-11,19,25-29H,12-18,20H2,1-4H3/t25-,26+,27-,28+,29+,30+,31-/m1/s1. The highest BCUT2D eigenvalue weighted by atomic mass is 15.1. The molecule has 0 aliphatic heterocycles. The van der Waals surface area contributed by atoms with E-state index in [0.717, 1.165) is 29.7 Å². The van der Waals surface area contributed by atoms with E-state index < -0.39 is 0 Å². The minimum Gasteiger partial charge on any atom is -0.306 e. The lowest BCUT2D eigenvalue weighted by Gasteiger charge is -2.58. The summed E-state index contributed by atoms with van der Waals surface area (Å²) in [4.78, 5) is 2.47. The molecule has 0 heterocycles. The molecule has 3 saturated carbocycles. The monoisotopic (exact) mass is 427 g/mol. The van der Waals surface area contributed by atoms with Gasteiger partial charge in [-0.3, -0.25) is 0 Å². The van der Waals surface area contributed by atoms with Crippen LogP contribution < -0.4 is 0 Å². The Hall–Kier alpha value is -1.60. The average molecular weight is 428 g/mol. The number of allylic oxidation sites excluding steroid dienone is 1. The van der Waals surface area contributed by atoms with Gasteiger partial charge in [-0.2, -0.15) is 0 Å². The van der Waals surface area contributed by atoms with E-state index in [0.29, 0.717) is 10.8 Å². The van der Waals surface area contributed by atoms with Crippen LogP contribution >= 0.6 is 0 Å². The van der Waals surface area contributed by atoms with Gasteiger partial charge in [0.25, 0.3) is 0 Å². The van der Waals surface area contributed by atoms with Crippen molar-refractivity contribution in [2.75, 3.05) is 14.1 Å². The van der Waals surface area contributed by atoms with Crippen LogP contribution in [0.15, 0.2) is 54.1 Å². The van der Waals surface area contributed by atoms with E-state index in [1.165, 1.54) is 62.1 Å². The summed E-state index contributed by atoms with van der Waals surface area (Å²) in [6.07, 6.45) is 13.9. The van der Waals surface area contributed by atoms with Crippen LogP contribution in [0.4, 0.5) is 0 Å². The van der Waals surface area contributed by atoms with E-state index in [9.17, 15) is 0 Å².